The van der Waals surface area contributed by atoms with Crippen LogP contribution in [0.3, 0.4) is 0 Å². The maximum atomic E-state index is 13.5. The summed E-state index contributed by atoms with van der Waals surface area (Å²) in [6.07, 6.45) is 0. The van der Waals surface area contributed by atoms with Crippen molar-refractivity contribution < 1.29 is 9.53 Å². The number of ether oxygens (including phenoxy) is 1. The number of hydrogen-bond acceptors (Lipinski definition) is 3. The highest BCUT2D eigenvalue weighted by Crippen LogP contribution is 2.47. The number of halogens is 2. The quantitative estimate of drug-likeness (QED) is 0.365. The largest absolute Gasteiger partial charge is 0.496 e. The van der Waals surface area contributed by atoms with E-state index in [9.17, 15) is 4.79 Å². The van der Waals surface area contributed by atoms with Crippen molar-refractivity contribution in [1.82, 2.24) is 10.2 Å². The van der Waals surface area contributed by atoms with E-state index in [2.05, 4.69) is 26.1 Å². The van der Waals surface area contributed by atoms with E-state index in [0.717, 1.165) is 32.5 Å². The number of carbonyl (C=O) groups is 1. The predicted octanol–water partition coefficient (Wildman–Crippen LogP) is 6.25. The van der Waals surface area contributed by atoms with Gasteiger partial charge in [-0.3, -0.25) is 14.8 Å². The molecule has 2 heterocycles. The van der Waals surface area contributed by atoms with Crippen molar-refractivity contribution in [2.75, 3.05) is 12.0 Å². The molecule has 3 aromatic carbocycles. The van der Waals surface area contributed by atoms with Crippen LogP contribution < -0.4 is 9.64 Å². The first-order chi connectivity index (χ1) is 15.1. The van der Waals surface area contributed by atoms with Crippen molar-refractivity contribution in [3.8, 4) is 17.0 Å². The molecule has 0 fully saturated rings. The lowest BCUT2D eigenvalue weighted by molar-refractivity contribution is 0.0988. The van der Waals surface area contributed by atoms with Crippen LogP contribution in [-0.4, -0.2) is 23.2 Å². The average molecular weight is 495 g/mol. The third kappa shape index (κ3) is 3.32. The van der Waals surface area contributed by atoms with Gasteiger partial charge in [0.15, 0.2) is 0 Å². The minimum absolute atomic E-state index is 0.149. The number of aromatic nitrogens is 2. The summed E-state index contributed by atoms with van der Waals surface area (Å²) in [7, 11) is 1.63. The summed E-state index contributed by atoms with van der Waals surface area (Å²) in [4.78, 5) is 15.3. The number of H-pyrrole nitrogens is 1. The summed E-state index contributed by atoms with van der Waals surface area (Å²) in [5.41, 5.74) is 4.59. The monoisotopic (exact) mass is 493 g/mol. The number of amides is 1. The Morgan fingerprint density at radius 3 is 2.45 bits per heavy atom. The highest BCUT2D eigenvalue weighted by Gasteiger charge is 2.44. The molecule has 1 amide bonds. The number of carbonyl (C=O) groups excluding carboxylic acids is 1. The van der Waals surface area contributed by atoms with E-state index in [-0.39, 0.29) is 5.91 Å². The van der Waals surface area contributed by atoms with Gasteiger partial charge in [0.2, 0.25) is 0 Å². The molecule has 0 saturated heterocycles. The lowest BCUT2D eigenvalue weighted by Crippen LogP contribution is -2.29. The molecule has 1 atom stereocenters. The van der Waals surface area contributed by atoms with Crippen molar-refractivity contribution in [3.63, 3.8) is 0 Å². The normalized spacial score (nSPS) is 15.3. The Bertz CT molecular complexity index is 1270. The van der Waals surface area contributed by atoms with E-state index in [1.54, 1.807) is 24.1 Å². The lowest BCUT2D eigenvalue weighted by atomic mass is 9.95. The number of methoxy groups -OCH3 is 1. The van der Waals surface area contributed by atoms with Crippen molar-refractivity contribution in [2.45, 2.75) is 6.04 Å². The van der Waals surface area contributed by atoms with Gasteiger partial charge in [0.05, 0.1) is 18.8 Å². The fourth-order valence-electron chi connectivity index (χ4n) is 4.03. The van der Waals surface area contributed by atoms with Crippen LogP contribution in [0, 0.1) is 0 Å². The number of nitrogens with one attached hydrogen (secondary N) is 1. The minimum atomic E-state index is -0.405. The molecule has 5 nitrogen and oxygen atoms in total. The van der Waals surface area contributed by atoms with E-state index in [1.165, 1.54) is 0 Å². The van der Waals surface area contributed by atoms with Gasteiger partial charge in [-0.15, -0.1) is 0 Å². The zero-order valence-corrected chi connectivity index (χ0v) is 18.8. The molecule has 154 valence electrons. The Kier molecular flexibility index (Phi) is 5.04. The van der Waals surface area contributed by atoms with Crippen LogP contribution in [0.2, 0.25) is 5.02 Å². The molecule has 1 aliphatic rings. The number of rotatable bonds is 4. The van der Waals surface area contributed by atoms with Gasteiger partial charge in [0.25, 0.3) is 5.91 Å². The van der Waals surface area contributed by atoms with Crippen LogP contribution in [-0.2, 0) is 0 Å². The topological polar surface area (TPSA) is 58.2 Å². The fraction of sp³-hybridized carbons (Fsp3) is 0.0833. The predicted molar refractivity (Wildman–Crippen MR) is 125 cm³/mol. The minimum Gasteiger partial charge on any atom is -0.496 e. The zero-order chi connectivity index (χ0) is 21.5. The van der Waals surface area contributed by atoms with Gasteiger partial charge in [0.1, 0.15) is 11.4 Å². The number of anilines is 1. The van der Waals surface area contributed by atoms with Gasteiger partial charge in [-0.2, -0.15) is 5.10 Å². The van der Waals surface area contributed by atoms with Crippen molar-refractivity contribution in [1.29, 1.82) is 0 Å². The molecule has 1 unspecified atom stereocenters. The molecule has 7 heteroatoms. The number of para-hydroxylation sites is 1. The SMILES string of the molecule is COc1ccccc1C1c2c(-c3ccc(Br)cc3)n[nH]c2C(=O)N1c1ccc(Cl)cc1. The molecule has 4 aromatic rings. The molecular formula is C24H17BrClN3O2. The number of nitrogens with zero attached hydrogens (tertiary/aromatic N) is 2. The second kappa shape index (κ2) is 7.87. The summed E-state index contributed by atoms with van der Waals surface area (Å²) in [6.45, 7) is 0. The molecule has 0 saturated carbocycles. The van der Waals surface area contributed by atoms with Gasteiger partial charge >= 0.3 is 0 Å². The van der Waals surface area contributed by atoms with E-state index in [1.807, 2.05) is 60.7 Å². The standard InChI is InChI=1S/C24H17BrClN3O2/c1-31-19-5-3-2-4-18(19)23-20-21(14-6-8-15(25)9-7-14)27-28-22(20)24(30)29(23)17-12-10-16(26)11-13-17/h2-13,23H,1H3,(H,27,28). The van der Waals surface area contributed by atoms with Gasteiger partial charge in [-0.25, -0.2) is 0 Å². The van der Waals surface area contributed by atoms with Crippen LogP contribution in [0.4, 0.5) is 5.69 Å². The average Bonchev–Trinajstić information content (AvgIpc) is 3.34. The maximum absolute atomic E-state index is 13.5. The van der Waals surface area contributed by atoms with E-state index < -0.39 is 6.04 Å². The Morgan fingerprint density at radius 1 is 1.03 bits per heavy atom. The second-order valence-electron chi connectivity index (χ2n) is 7.16. The summed E-state index contributed by atoms with van der Waals surface area (Å²) in [5, 5.41) is 8.10. The summed E-state index contributed by atoms with van der Waals surface area (Å²) in [5.74, 6) is 0.555. The first kappa shape index (κ1) is 19.8. The highest BCUT2D eigenvalue weighted by molar-refractivity contribution is 9.10. The van der Waals surface area contributed by atoms with Gasteiger partial charge in [0, 0.05) is 31.9 Å². The van der Waals surface area contributed by atoms with Crippen LogP contribution in [0.15, 0.2) is 77.3 Å². The summed E-state index contributed by atoms with van der Waals surface area (Å²) in [6, 6.07) is 22.5. The zero-order valence-electron chi connectivity index (χ0n) is 16.5. The molecule has 1 aliphatic heterocycles. The van der Waals surface area contributed by atoms with Crippen LogP contribution in [0.1, 0.15) is 27.7 Å². The fourth-order valence-corrected chi connectivity index (χ4v) is 4.42. The molecule has 0 bridgehead atoms. The van der Waals surface area contributed by atoms with E-state index in [4.69, 9.17) is 16.3 Å². The molecule has 1 aromatic heterocycles. The Morgan fingerprint density at radius 2 is 1.74 bits per heavy atom. The molecular weight excluding hydrogens is 478 g/mol. The Balaban J connectivity index is 1.75. The van der Waals surface area contributed by atoms with E-state index >= 15 is 0 Å². The summed E-state index contributed by atoms with van der Waals surface area (Å²) < 4.78 is 6.63. The number of aromatic amines is 1. The van der Waals surface area contributed by atoms with Gasteiger partial charge in [-0.05, 0) is 42.5 Å². The summed E-state index contributed by atoms with van der Waals surface area (Å²) >= 11 is 9.57. The Hall–Kier alpha value is -3.09. The van der Waals surface area contributed by atoms with Crippen molar-refractivity contribution in [3.05, 3.63) is 99.1 Å². The first-order valence-corrected chi connectivity index (χ1v) is 10.8. The van der Waals surface area contributed by atoms with Crippen LogP contribution in [0.5, 0.6) is 5.75 Å². The molecule has 5 rings (SSSR count). The molecule has 0 spiro atoms. The van der Waals surface area contributed by atoms with Crippen LogP contribution in [0.25, 0.3) is 11.3 Å². The second-order valence-corrected chi connectivity index (χ2v) is 8.52. The third-order valence-electron chi connectivity index (χ3n) is 5.42. The number of benzene rings is 3. The van der Waals surface area contributed by atoms with Crippen molar-refractivity contribution >= 4 is 39.1 Å². The number of fused-ring (bicyclic) bond motifs is 1. The van der Waals surface area contributed by atoms with Crippen molar-refractivity contribution in [2.24, 2.45) is 0 Å². The molecule has 1 N–H and O–H groups in total. The lowest BCUT2D eigenvalue weighted by Gasteiger charge is -2.27. The van der Waals surface area contributed by atoms with Gasteiger partial charge < -0.3 is 4.74 Å². The highest BCUT2D eigenvalue weighted by atomic mass is 79.9. The molecule has 0 radical (unpaired) electrons. The number of hydrogen-bond donors (Lipinski definition) is 1. The molecule has 0 aliphatic carbocycles. The van der Waals surface area contributed by atoms with Gasteiger partial charge in [-0.1, -0.05) is 57.9 Å². The van der Waals surface area contributed by atoms with E-state index in [0.29, 0.717) is 16.5 Å². The first-order valence-electron chi connectivity index (χ1n) is 9.64. The third-order valence-corrected chi connectivity index (χ3v) is 6.20. The molecule has 31 heavy (non-hydrogen) atoms. The Labute approximate surface area is 192 Å². The maximum Gasteiger partial charge on any atom is 0.277 e. The smallest absolute Gasteiger partial charge is 0.277 e. The van der Waals surface area contributed by atoms with Crippen LogP contribution >= 0.6 is 27.5 Å².